The fourth-order valence-electron chi connectivity index (χ4n) is 2.93. The van der Waals surface area contributed by atoms with E-state index in [4.69, 9.17) is 5.73 Å². The van der Waals surface area contributed by atoms with Gasteiger partial charge in [-0.15, -0.1) is 0 Å². The highest BCUT2D eigenvalue weighted by Crippen LogP contribution is 2.34. The summed E-state index contributed by atoms with van der Waals surface area (Å²) in [4.78, 5) is 34.4. The van der Waals surface area contributed by atoms with Crippen molar-refractivity contribution in [3.05, 3.63) is 64.0 Å². The normalized spacial score (nSPS) is 12.3. The zero-order valence-corrected chi connectivity index (χ0v) is 19.3. The van der Waals surface area contributed by atoms with Gasteiger partial charge < -0.3 is 16.2 Å². The SMILES string of the molecule is C/C(C(=O)NCc1cnc(C)nc1N)=C(\CCO)SC(=O)C(C)(C)Cc1ccccc1. The van der Waals surface area contributed by atoms with Gasteiger partial charge in [0.25, 0.3) is 0 Å². The van der Waals surface area contributed by atoms with Crippen LogP contribution in [0.15, 0.2) is 47.0 Å². The number of aromatic nitrogens is 2. The number of amides is 1. The molecule has 0 aliphatic heterocycles. The molecular weight excluding hydrogens is 412 g/mol. The van der Waals surface area contributed by atoms with E-state index in [-0.39, 0.29) is 30.6 Å². The highest BCUT2D eigenvalue weighted by Gasteiger charge is 2.30. The van der Waals surface area contributed by atoms with Gasteiger partial charge in [0.1, 0.15) is 11.6 Å². The fourth-order valence-corrected chi connectivity index (χ4v) is 3.94. The van der Waals surface area contributed by atoms with Gasteiger partial charge in [-0.1, -0.05) is 55.9 Å². The van der Waals surface area contributed by atoms with Crippen LogP contribution in [-0.4, -0.2) is 32.7 Å². The number of nitrogens with one attached hydrogen (secondary N) is 1. The molecule has 1 aromatic carbocycles. The summed E-state index contributed by atoms with van der Waals surface area (Å²) < 4.78 is 0. The Kier molecular flexibility index (Phi) is 8.76. The Balaban J connectivity index is 2.10. The summed E-state index contributed by atoms with van der Waals surface area (Å²) >= 11 is 1.03. The Labute approximate surface area is 187 Å². The molecule has 166 valence electrons. The third-order valence-corrected chi connectivity index (χ3v) is 6.31. The van der Waals surface area contributed by atoms with Crippen LogP contribution in [-0.2, 0) is 22.6 Å². The topological polar surface area (TPSA) is 118 Å². The van der Waals surface area contributed by atoms with Crippen molar-refractivity contribution in [3.63, 3.8) is 0 Å². The van der Waals surface area contributed by atoms with Crippen molar-refractivity contribution in [1.29, 1.82) is 0 Å². The molecule has 0 aliphatic carbocycles. The van der Waals surface area contributed by atoms with Crippen LogP contribution in [0.5, 0.6) is 0 Å². The molecule has 0 spiro atoms. The summed E-state index contributed by atoms with van der Waals surface area (Å²) in [5, 5.41) is 12.2. The van der Waals surface area contributed by atoms with Gasteiger partial charge in [0.2, 0.25) is 5.91 Å². The quantitative estimate of drug-likeness (QED) is 0.510. The standard InChI is InChI=1S/C23H30N4O3S/c1-15(21(29)26-14-18-13-25-16(2)27-20(18)24)19(10-11-28)31-22(30)23(3,4)12-17-8-6-5-7-9-17/h5-9,13,28H,10-12,14H2,1-4H3,(H,26,29)(H2,24,25,27)/b19-15-. The molecule has 7 nitrogen and oxygen atoms in total. The van der Waals surface area contributed by atoms with Crippen molar-refractivity contribution in [3.8, 4) is 0 Å². The Bertz CT molecular complexity index is 959. The minimum atomic E-state index is -0.628. The van der Waals surface area contributed by atoms with E-state index in [2.05, 4.69) is 15.3 Å². The predicted molar refractivity (Wildman–Crippen MR) is 124 cm³/mol. The van der Waals surface area contributed by atoms with Gasteiger partial charge in [-0.05, 0) is 25.8 Å². The summed E-state index contributed by atoms with van der Waals surface area (Å²) in [5.41, 5.74) is 7.33. The number of aryl methyl sites for hydroxylation is 1. The second-order valence-electron chi connectivity index (χ2n) is 7.97. The van der Waals surface area contributed by atoms with Crippen LogP contribution in [0.2, 0.25) is 0 Å². The van der Waals surface area contributed by atoms with Crippen molar-refractivity contribution in [2.75, 3.05) is 12.3 Å². The molecule has 31 heavy (non-hydrogen) atoms. The molecule has 4 N–H and O–H groups in total. The third-order valence-electron chi connectivity index (χ3n) is 4.81. The number of rotatable bonds is 9. The van der Waals surface area contributed by atoms with Crippen LogP contribution in [0.4, 0.5) is 5.82 Å². The summed E-state index contributed by atoms with van der Waals surface area (Å²) in [5.74, 6) is 0.545. The van der Waals surface area contributed by atoms with Gasteiger partial charge >= 0.3 is 0 Å². The van der Waals surface area contributed by atoms with E-state index in [1.165, 1.54) is 0 Å². The van der Waals surface area contributed by atoms with Crippen molar-refractivity contribution in [1.82, 2.24) is 15.3 Å². The zero-order valence-electron chi connectivity index (χ0n) is 18.4. The highest BCUT2D eigenvalue weighted by atomic mass is 32.2. The van der Waals surface area contributed by atoms with Gasteiger partial charge in [0.15, 0.2) is 5.12 Å². The first-order chi connectivity index (χ1) is 14.6. The number of thioether (sulfide) groups is 1. The second-order valence-corrected chi connectivity index (χ2v) is 9.04. The zero-order chi connectivity index (χ0) is 23.0. The molecule has 0 saturated heterocycles. The summed E-state index contributed by atoms with van der Waals surface area (Å²) in [6.45, 7) is 7.19. The Morgan fingerprint density at radius 2 is 1.90 bits per heavy atom. The van der Waals surface area contributed by atoms with Crippen LogP contribution in [0.25, 0.3) is 0 Å². The van der Waals surface area contributed by atoms with Gasteiger partial charge in [-0.25, -0.2) is 9.97 Å². The smallest absolute Gasteiger partial charge is 0.247 e. The lowest BCUT2D eigenvalue weighted by Crippen LogP contribution is -2.27. The van der Waals surface area contributed by atoms with Crippen molar-refractivity contribution in [2.45, 2.75) is 47.1 Å². The lowest BCUT2D eigenvalue weighted by atomic mass is 9.87. The predicted octanol–water partition coefficient (Wildman–Crippen LogP) is 3.17. The largest absolute Gasteiger partial charge is 0.396 e. The maximum absolute atomic E-state index is 13.0. The van der Waals surface area contributed by atoms with E-state index in [1.54, 1.807) is 20.0 Å². The lowest BCUT2D eigenvalue weighted by Gasteiger charge is -2.23. The Hall–Kier alpha value is -2.71. The average molecular weight is 443 g/mol. The highest BCUT2D eigenvalue weighted by molar-refractivity contribution is 8.17. The first-order valence-electron chi connectivity index (χ1n) is 10.1. The van der Waals surface area contributed by atoms with Crippen LogP contribution >= 0.6 is 11.8 Å². The van der Waals surface area contributed by atoms with Gasteiger partial charge in [0, 0.05) is 47.2 Å². The number of carbonyl (C=O) groups is 2. The minimum Gasteiger partial charge on any atom is -0.396 e. The van der Waals surface area contributed by atoms with Crippen LogP contribution < -0.4 is 11.1 Å². The van der Waals surface area contributed by atoms with Crippen LogP contribution in [0.3, 0.4) is 0 Å². The van der Waals surface area contributed by atoms with Crippen molar-refractivity contribution < 1.29 is 14.7 Å². The average Bonchev–Trinajstić information content (AvgIpc) is 2.72. The van der Waals surface area contributed by atoms with Gasteiger partial charge in [0.05, 0.1) is 0 Å². The number of nitrogens with two attached hydrogens (primary N) is 1. The number of nitrogen functional groups attached to an aromatic ring is 1. The monoisotopic (exact) mass is 442 g/mol. The fraction of sp³-hybridized carbons (Fsp3) is 0.391. The molecule has 8 heteroatoms. The lowest BCUT2D eigenvalue weighted by molar-refractivity contribution is -0.118. The molecule has 0 atom stereocenters. The molecule has 0 radical (unpaired) electrons. The second kappa shape index (κ2) is 11.1. The van der Waals surface area contributed by atoms with E-state index >= 15 is 0 Å². The number of nitrogens with zero attached hydrogens (tertiary/aromatic N) is 2. The molecule has 0 saturated carbocycles. The maximum Gasteiger partial charge on any atom is 0.247 e. The molecular formula is C23H30N4O3S. The van der Waals surface area contributed by atoms with Crippen LogP contribution in [0.1, 0.15) is 44.1 Å². The minimum absolute atomic E-state index is 0.0527. The van der Waals surface area contributed by atoms with E-state index in [0.717, 1.165) is 17.3 Å². The molecule has 2 rings (SSSR count). The number of carbonyl (C=O) groups excluding carboxylic acids is 2. The first kappa shape index (κ1) is 24.6. The van der Waals surface area contributed by atoms with Gasteiger partial charge in [-0.3, -0.25) is 9.59 Å². The molecule has 0 bridgehead atoms. The molecule has 0 fully saturated rings. The molecule has 0 aliphatic rings. The first-order valence-corrected chi connectivity index (χ1v) is 10.9. The van der Waals surface area contributed by atoms with E-state index in [0.29, 0.717) is 34.1 Å². The Morgan fingerprint density at radius 1 is 1.23 bits per heavy atom. The number of aliphatic hydroxyl groups is 1. The van der Waals surface area contributed by atoms with E-state index < -0.39 is 5.41 Å². The van der Waals surface area contributed by atoms with Crippen molar-refractivity contribution in [2.24, 2.45) is 5.41 Å². The van der Waals surface area contributed by atoms with Crippen molar-refractivity contribution >= 4 is 28.6 Å². The van der Waals surface area contributed by atoms with E-state index in [1.807, 2.05) is 44.2 Å². The van der Waals surface area contributed by atoms with E-state index in [9.17, 15) is 14.7 Å². The molecule has 1 amide bonds. The maximum atomic E-state index is 13.0. The number of aliphatic hydroxyl groups excluding tert-OH is 1. The number of anilines is 1. The molecule has 0 unspecified atom stereocenters. The number of hydrogen-bond acceptors (Lipinski definition) is 7. The summed E-state index contributed by atoms with van der Waals surface area (Å²) in [6.07, 6.45) is 2.40. The number of hydrogen-bond donors (Lipinski definition) is 3. The molecule has 1 heterocycles. The third kappa shape index (κ3) is 7.18. The Morgan fingerprint density at radius 3 is 2.52 bits per heavy atom. The number of benzene rings is 1. The van der Waals surface area contributed by atoms with Crippen LogP contribution in [0, 0.1) is 12.3 Å². The molecule has 1 aromatic heterocycles. The summed E-state index contributed by atoms with van der Waals surface area (Å²) in [7, 11) is 0. The van der Waals surface area contributed by atoms with Gasteiger partial charge in [-0.2, -0.15) is 0 Å². The summed E-state index contributed by atoms with van der Waals surface area (Å²) in [6, 6.07) is 9.81. The molecule has 2 aromatic rings.